The first-order valence-electron chi connectivity index (χ1n) is 6.19. The minimum Gasteiger partial charge on any atom is -0.422 e. The van der Waals surface area contributed by atoms with E-state index < -0.39 is 27.4 Å². The molecule has 0 radical (unpaired) electrons. The van der Waals surface area contributed by atoms with Crippen molar-refractivity contribution in [2.75, 3.05) is 5.75 Å². The number of benzene rings is 1. The van der Waals surface area contributed by atoms with Crippen molar-refractivity contribution in [1.29, 1.82) is 0 Å². The van der Waals surface area contributed by atoms with Crippen molar-refractivity contribution < 1.29 is 17.6 Å². The van der Waals surface area contributed by atoms with E-state index in [2.05, 4.69) is 5.32 Å². The minimum absolute atomic E-state index is 0.147. The first-order valence-corrected chi connectivity index (χ1v) is 7.91. The maximum absolute atomic E-state index is 12.1. The van der Waals surface area contributed by atoms with Crippen LogP contribution in [0.5, 0.6) is 0 Å². The van der Waals surface area contributed by atoms with E-state index in [1.807, 2.05) is 0 Å². The van der Waals surface area contributed by atoms with Gasteiger partial charge in [-0.05, 0) is 18.2 Å². The van der Waals surface area contributed by atoms with E-state index in [1.165, 1.54) is 12.1 Å². The molecule has 1 N–H and O–H groups in total. The van der Waals surface area contributed by atoms with Gasteiger partial charge in [0.25, 0.3) is 5.91 Å². The zero-order valence-corrected chi connectivity index (χ0v) is 11.6. The molecule has 7 heteroatoms. The third-order valence-corrected chi connectivity index (χ3v) is 4.53. The quantitative estimate of drug-likeness (QED) is 0.830. The second kappa shape index (κ2) is 4.85. The topological polar surface area (TPSA) is 93.4 Å². The molecule has 2 aromatic rings. The average Bonchev–Trinajstić information content (AvgIpc) is 2.77. The van der Waals surface area contributed by atoms with Gasteiger partial charge in [0, 0.05) is 10.8 Å². The van der Waals surface area contributed by atoms with Crippen LogP contribution in [0.15, 0.2) is 51.0 Å². The van der Waals surface area contributed by atoms with Crippen LogP contribution in [0.4, 0.5) is 0 Å². The summed E-state index contributed by atoms with van der Waals surface area (Å²) in [6, 6.07) is 7.63. The Balaban J connectivity index is 1.90. The lowest BCUT2D eigenvalue weighted by molar-refractivity contribution is 0.0944. The average molecular weight is 305 g/mol. The SMILES string of the molecule is O=C(N[C@H]1C=CS(=O)(=O)C1)c1cc2ccccc2oc1=O. The van der Waals surface area contributed by atoms with E-state index in [1.54, 1.807) is 24.3 Å². The van der Waals surface area contributed by atoms with Crippen molar-refractivity contribution >= 4 is 26.7 Å². The largest absolute Gasteiger partial charge is 0.422 e. The minimum atomic E-state index is -3.26. The number of amides is 1. The van der Waals surface area contributed by atoms with Crippen LogP contribution in [-0.4, -0.2) is 26.1 Å². The van der Waals surface area contributed by atoms with Crippen LogP contribution in [0, 0.1) is 0 Å². The Morgan fingerprint density at radius 3 is 2.76 bits per heavy atom. The van der Waals surface area contributed by atoms with Gasteiger partial charge in [-0.2, -0.15) is 0 Å². The molecule has 0 fully saturated rings. The number of hydrogen-bond donors (Lipinski definition) is 1. The Kier molecular flexibility index (Phi) is 3.13. The highest BCUT2D eigenvalue weighted by Gasteiger charge is 2.24. The van der Waals surface area contributed by atoms with Gasteiger partial charge in [-0.3, -0.25) is 4.79 Å². The van der Waals surface area contributed by atoms with Crippen LogP contribution < -0.4 is 10.9 Å². The number of carbonyl (C=O) groups excluding carboxylic acids is 1. The zero-order valence-electron chi connectivity index (χ0n) is 10.8. The molecular formula is C14H11NO5S. The summed E-state index contributed by atoms with van der Waals surface area (Å²) in [7, 11) is -3.26. The second-order valence-electron chi connectivity index (χ2n) is 4.72. The van der Waals surface area contributed by atoms with Gasteiger partial charge in [-0.1, -0.05) is 18.2 Å². The third kappa shape index (κ3) is 2.73. The van der Waals surface area contributed by atoms with Crippen molar-refractivity contribution in [3.8, 4) is 0 Å². The van der Waals surface area contributed by atoms with E-state index in [-0.39, 0.29) is 11.3 Å². The molecule has 0 saturated carbocycles. The Bertz CT molecular complexity index is 910. The Morgan fingerprint density at radius 2 is 2.05 bits per heavy atom. The molecule has 108 valence electrons. The lowest BCUT2D eigenvalue weighted by Crippen LogP contribution is -2.37. The van der Waals surface area contributed by atoms with E-state index in [9.17, 15) is 18.0 Å². The number of rotatable bonds is 2. The van der Waals surface area contributed by atoms with E-state index in [0.29, 0.717) is 11.0 Å². The highest BCUT2D eigenvalue weighted by Crippen LogP contribution is 2.13. The van der Waals surface area contributed by atoms with Gasteiger partial charge >= 0.3 is 5.63 Å². The van der Waals surface area contributed by atoms with Gasteiger partial charge in [0.15, 0.2) is 9.84 Å². The van der Waals surface area contributed by atoms with Crippen LogP contribution in [0.2, 0.25) is 0 Å². The summed E-state index contributed by atoms with van der Waals surface area (Å²) in [6.45, 7) is 0. The van der Waals surface area contributed by atoms with Crippen LogP contribution in [0.25, 0.3) is 11.0 Å². The number of para-hydroxylation sites is 1. The highest BCUT2D eigenvalue weighted by atomic mass is 32.2. The van der Waals surface area contributed by atoms with Crippen LogP contribution in [0.1, 0.15) is 10.4 Å². The molecule has 0 aliphatic carbocycles. The number of carbonyl (C=O) groups is 1. The molecule has 2 heterocycles. The van der Waals surface area contributed by atoms with Crippen LogP contribution >= 0.6 is 0 Å². The molecule has 0 spiro atoms. The second-order valence-corrected chi connectivity index (χ2v) is 6.65. The molecule has 1 aliphatic rings. The molecule has 3 rings (SSSR count). The van der Waals surface area contributed by atoms with Crippen LogP contribution in [0.3, 0.4) is 0 Å². The molecule has 0 saturated heterocycles. The summed E-state index contributed by atoms with van der Waals surface area (Å²) < 4.78 is 27.6. The van der Waals surface area contributed by atoms with Crippen molar-refractivity contribution in [2.24, 2.45) is 0 Å². The van der Waals surface area contributed by atoms with Crippen molar-refractivity contribution in [3.05, 3.63) is 57.8 Å². The smallest absolute Gasteiger partial charge is 0.349 e. The summed E-state index contributed by atoms with van der Waals surface area (Å²) in [5.74, 6) is -0.848. The summed E-state index contributed by atoms with van der Waals surface area (Å²) >= 11 is 0. The van der Waals surface area contributed by atoms with Gasteiger partial charge in [-0.15, -0.1) is 0 Å². The molecule has 1 aliphatic heterocycles. The van der Waals surface area contributed by atoms with Crippen molar-refractivity contribution in [1.82, 2.24) is 5.32 Å². The highest BCUT2D eigenvalue weighted by molar-refractivity contribution is 7.94. The summed E-state index contributed by atoms with van der Waals surface area (Å²) in [4.78, 5) is 23.9. The predicted molar refractivity (Wildman–Crippen MR) is 76.7 cm³/mol. The van der Waals surface area contributed by atoms with Gasteiger partial charge < -0.3 is 9.73 Å². The van der Waals surface area contributed by atoms with Gasteiger partial charge in [0.05, 0.1) is 11.8 Å². The molecular weight excluding hydrogens is 294 g/mol. The van der Waals surface area contributed by atoms with Crippen molar-refractivity contribution in [3.63, 3.8) is 0 Å². The van der Waals surface area contributed by atoms with Gasteiger partial charge in [-0.25, -0.2) is 13.2 Å². The predicted octanol–water partition coefficient (Wildman–Crippen LogP) is 0.834. The molecule has 0 bridgehead atoms. The zero-order chi connectivity index (χ0) is 15.0. The lowest BCUT2D eigenvalue weighted by atomic mass is 10.1. The Morgan fingerprint density at radius 1 is 1.29 bits per heavy atom. The Labute approximate surface area is 120 Å². The summed E-state index contributed by atoms with van der Waals surface area (Å²) in [5.41, 5.74) is -0.509. The standard InChI is InChI=1S/C14H11NO5S/c16-13(15-10-5-6-21(18,19)8-10)11-7-9-3-1-2-4-12(9)20-14(11)17/h1-7,10H,8H2,(H,15,16)/t10-/m0/s1. The van der Waals surface area contributed by atoms with Gasteiger partial charge in [0.2, 0.25) is 0 Å². The van der Waals surface area contributed by atoms with Gasteiger partial charge in [0.1, 0.15) is 11.1 Å². The molecule has 0 unspecified atom stereocenters. The fourth-order valence-electron chi connectivity index (χ4n) is 2.13. The third-order valence-electron chi connectivity index (χ3n) is 3.13. The van der Waals surface area contributed by atoms with E-state index in [4.69, 9.17) is 4.42 Å². The fourth-order valence-corrected chi connectivity index (χ4v) is 3.37. The monoisotopic (exact) mass is 305 g/mol. The first kappa shape index (κ1) is 13.6. The number of hydrogen-bond acceptors (Lipinski definition) is 5. The first-order chi connectivity index (χ1) is 9.94. The molecule has 1 aromatic heterocycles. The maximum atomic E-state index is 12.1. The molecule has 6 nitrogen and oxygen atoms in total. The summed E-state index contributed by atoms with van der Waals surface area (Å²) in [5, 5.41) is 4.17. The molecule has 1 amide bonds. The lowest BCUT2D eigenvalue weighted by Gasteiger charge is -2.09. The molecule has 1 aromatic carbocycles. The van der Waals surface area contributed by atoms with E-state index in [0.717, 1.165) is 5.41 Å². The maximum Gasteiger partial charge on any atom is 0.349 e. The fraction of sp³-hybridized carbons (Fsp3) is 0.143. The molecule has 21 heavy (non-hydrogen) atoms. The Hall–Kier alpha value is -2.41. The number of fused-ring (bicyclic) bond motifs is 1. The van der Waals surface area contributed by atoms with Crippen molar-refractivity contribution in [2.45, 2.75) is 6.04 Å². The molecule has 1 atom stereocenters. The number of sulfone groups is 1. The normalized spacial score (nSPS) is 19.7. The van der Waals surface area contributed by atoms with Crippen LogP contribution in [-0.2, 0) is 9.84 Å². The number of nitrogens with one attached hydrogen (secondary N) is 1. The van der Waals surface area contributed by atoms with E-state index >= 15 is 0 Å². The summed E-state index contributed by atoms with van der Waals surface area (Å²) in [6.07, 6.45) is 1.38.